The molecule has 128 valence electrons. The molecule has 0 aromatic carbocycles. The van der Waals surface area contributed by atoms with Gasteiger partial charge in [-0.25, -0.2) is 0 Å². The fraction of sp³-hybridized carbons (Fsp3) is 1.00. The Labute approximate surface area is 131 Å². The highest BCUT2D eigenvalue weighted by Gasteiger charge is 2.28. The first-order valence-corrected chi connectivity index (χ1v) is 7.99. The van der Waals surface area contributed by atoms with Crippen molar-refractivity contribution in [1.82, 2.24) is 10.2 Å². The quantitative estimate of drug-likeness (QED) is 0.505. The second-order valence-corrected chi connectivity index (χ2v) is 6.45. The summed E-state index contributed by atoms with van der Waals surface area (Å²) in [6.45, 7) is 12.1. The van der Waals surface area contributed by atoms with Gasteiger partial charge in [-0.05, 0) is 26.7 Å². The lowest BCUT2D eigenvalue weighted by molar-refractivity contribution is 0.0791. The highest BCUT2D eigenvalue weighted by molar-refractivity contribution is 4.88. The minimum atomic E-state index is -0.250. The maximum absolute atomic E-state index is 9.73. The van der Waals surface area contributed by atoms with E-state index in [0.717, 1.165) is 39.1 Å². The van der Waals surface area contributed by atoms with Crippen LogP contribution >= 0.6 is 0 Å². The van der Waals surface area contributed by atoms with Gasteiger partial charge >= 0.3 is 0 Å². The minimum absolute atomic E-state index is 0.145. The zero-order valence-corrected chi connectivity index (χ0v) is 14.8. The lowest BCUT2D eigenvalue weighted by atomic mass is 9.92. The van der Waals surface area contributed by atoms with Gasteiger partial charge in [-0.1, -0.05) is 13.8 Å². The summed E-state index contributed by atoms with van der Waals surface area (Å²) in [5.74, 6) is 0. The number of methoxy groups -OCH3 is 2. The molecule has 0 spiro atoms. The Morgan fingerprint density at radius 3 is 2.19 bits per heavy atom. The van der Waals surface area contributed by atoms with Crippen molar-refractivity contribution in [2.45, 2.75) is 58.2 Å². The number of aliphatic hydroxyl groups excluding tert-OH is 1. The Morgan fingerprint density at radius 2 is 1.71 bits per heavy atom. The van der Waals surface area contributed by atoms with Crippen molar-refractivity contribution in [3.05, 3.63) is 0 Å². The summed E-state index contributed by atoms with van der Waals surface area (Å²) in [5.41, 5.74) is -0.250. The van der Waals surface area contributed by atoms with Gasteiger partial charge in [0.25, 0.3) is 0 Å². The highest BCUT2D eigenvalue weighted by atomic mass is 16.5. The molecule has 0 aliphatic carbocycles. The van der Waals surface area contributed by atoms with Gasteiger partial charge in [-0.3, -0.25) is 4.90 Å². The van der Waals surface area contributed by atoms with Crippen molar-refractivity contribution in [2.24, 2.45) is 0 Å². The Bertz CT molecular complexity index is 252. The van der Waals surface area contributed by atoms with Crippen LogP contribution in [0.5, 0.6) is 0 Å². The first-order valence-electron chi connectivity index (χ1n) is 7.99. The van der Waals surface area contributed by atoms with Crippen LogP contribution < -0.4 is 5.32 Å². The summed E-state index contributed by atoms with van der Waals surface area (Å²) in [4.78, 5) is 2.42. The van der Waals surface area contributed by atoms with Crippen LogP contribution in [0.2, 0.25) is 0 Å². The van der Waals surface area contributed by atoms with Gasteiger partial charge in [-0.15, -0.1) is 0 Å². The van der Waals surface area contributed by atoms with Crippen molar-refractivity contribution in [1.29, 1.82) is 0 Å². The van der Waals surface area contributed by atoms with E-state index in [4.69, 9.17) is 9.47 Å². The molecule has 0 saturated heterocycles. The SMILES string of the molecule is COCCCN(CCOC)C(C)CC(C)(CO)NC(C)C. The van der Waals surface area contributed by atoms with Crippen LogP contribution in [-0.4, -0.2) is 74.8 Å². The van der Waals surface area contributed by atoms with Gasteiger partial charge in [0.1, 0.15) is 0 Å². The van der Waals surface area contributed by atoms with E-state index in [0.29, 0.717) is 12.1 Å². The lowest BCUT2D eigenvalue weighted by Gasteiger charge is -2.38. The third kappa shape index (κ3) is 9.42. The molecule has 0 amide bonds. The number of ether oxygens (including phenoxy) is 2. The van der Waals surface area contributed by atoms with Crippen LogP contribution in [-0.2, 0) is 9.47 Å². The number of hydrogen-bond donors (Lipinski definition) is 2. The van der Waals surface area contributed by atoms with E-state index in [1.54, 1.807) is 14.2 Å². The third-order valence-corrected chi connectivity index (χ3v) is 3.73. The summed E-state index contributed by atoms with van der Waals surface area (Å²) in [6, 6.07) is 0.732. The van der Waals surface area contributed by atoms with E-state index in [1.165, 1.54) is 0 Å². The lowest BCUT2D eigenvalue weighted by Crippen LogP contribution is -2.53. The molecule has 0 aromatic rings. The van der Waals surface area contributed by atoms with Crippen LogP contribution in [0.1, 0.15) is 40.5 Å². The molecule has 0 fully saturated rings. The number of hydrogen-bond acceptors (Lipinski definition) is 5. The molecular formula is C16H36N2O3. The highest BCUT2D eigenvalue weighted by Crippen LogP contribution is 2.17. The van der Waals surface area contributed by atoms with E-state index in [9.17, 15) is 5.11 Å². The molecule has 5 heteroatoms. The van der Waals surface area contributed by atoms with Crippen LogP contribution in [0, 0.1) is 0 Å². The predicted molar refractivity (Wildman–Crippen MR) is 87.8 cm³/mol. The van der Waals surface area contributed by atoms with Crippen molar-refractivity contribution in [3.63, 3.8) is 0 Å². The van der Waals surface area contributed by atoms with E-state index in [-0.39, 0.29) is 12.1 Å². The second kappa shape index (κ2) is 11.4. The largest absolute Gasteiger partial charge is 0.394 e. The zero-order chi connectivity index (χ0) is 16.3. The summed E-state index contributed by atoms with van der Waals surface area (Å²) < 4.78 is 10.4. The van der Waals surface area contributed by atoms with Crippen LogP contribution in [0.15, 0.2) is 0 Å². The molecule has 0 bridgehead atoms. The minimum Gasteiger partial charge on any atom is -0.394 e. The summed E-state index contributed by atoms with van der Waals surface area (Å²) in [7, 11) is 3.47. The molecule has 0 aromatic heterocycles. The van der Waals surface area contributed by atoms with E-state index in [2.05, 4.69) is 37.9 Å². The van der Waals surface area contributed by atoms with Gasteiger partial charge in [0.2, 0.25) is 0 Å². The van der Waals surface area contributed by atoms with Crippen LogP contribution in [0.3, 0.4) is 0 Å². The number of nitrogens with zero attached hydrogens (tertiary/aromatic N) is 1. The molecule has 0 saturated carbocycles. The van der Waals surface area contributed by atoms with Crippen molar-refractivity contribution < 1.29 is 14.6 Å². The molecule has 5 nitrogen and oxygen atoms in total. The molecule has 0 aliphatic rings. The van der Waals surface area contributed by atoms with Gasteiger partial charge in [-0.2, -0.15) is 0 Å². The van der Waals surface area contributed by atoms with E-state index in [1.807, 2.05) is 0 Å². The summed E-state index contributed by atoms with van der Waals surface area (Å²) in [6.07, 6.45) is 1.91. The van der Waals surface area contributed by atoms with Crippen molar-refractivity contribution in [2.75, 3.05) is 47.1 Å². The molecule has 2 atom stereocenters. The fourth-order valence-electron chi connectivity index (χ4n) is 2.82. The smallest absolute Gasteiger partial charge is 0.0611 e. The van der Waals surface area contributed by atoms with Gasteiger partial charge < -0.3 is 19.9 Å². The van der Waals surface area contributed by atoms with E-state index >= 15 is 0 Å². The number of rotatable bonds is 13. The van der Waals surface area contributed by atoms with Gasteiger partial charge in [0.05, 0.1) is 13.2 Å². The normalized spacial score (nSPS) is 16.4. The molecule has 0 radical (unpaired) electrons. The first kappa shape index (κ1) is 20.8. The van der Waals surface area contributed by atoms with Crippen LogP contribution in [0.4, 0.5) is 0 Å². The molecule has 2 N–H and O–H groups in total. The molecule has 0 rings (SSSR count). The van der Waals surface area contributed by atoms with Gasteiger partial charge in [0.15, 0.2) is 0 Å². The maximum atomic E-state index is 9.73. The predicted octanol–water partition coefficient (Wildman–Crippen LogP) is 1.50. The molecule has 2 unspecified atom stereocenters. The van der Waals surface area contributed by atoms with Crippen molar-refractivity contribution >= 4 is 0 Å². The second-order valence-electron chi connectivity index (χ2n) is 6.45. The van der Waals surface area contributed by atoms with Crippen molar-refractivity contribution in [3.8, 4) is 0 Å². The third-order valence-electron chi connectivity index (χ3n) is 3.73. The topological polar surface area (TPSA) is 54.0 Å². The first-order chi connectivity index (χ1) is 9.88. The van der Waals surface area contributed by atoms with E-state index < -0.39 is 0 Å². The number of nitrogens with one attached hydrogen (secondary N) is 1. The molecule has 0 heterocycles. The standard InChI is InChI=1S/C16H36N2O3/c1-14(2)17-16(4,13-19)12-15(3)18(9-11-21-6)8-7-10-20-5/h14-15,17,19H,7-13H2,1-6H3. The Morgan fingerprint density at radius 1 is 1.10 bits per heavy atom. The van der Waals surface area contributed by atoms with Gasteiger partial charge in [0, 0.05) is 51.5 Å². The Hall–Kier alpha value is -0.200. The monoisotopic (exact) mass is 304 g/mol. The fourth-order valence-corrected chi connectivity index (χ4v) is 2.82. The maximum Gasteiger partial charge on any atom is 0.0611 e. The average molecular weight is 304 g/mol. The molecular weight excluding hydrogens is 268 g/mol. The summed E-state index contributed by atoms with van der Waals surface area (Å²) >= 11 is 0. The average Bonchev–Trinajstić information content (AvgIpc) is 2.41. The molecule has 21 heavy (non-hydrogen) atoms. The number of aliphatic hydroxyl groups is 1. The molecule has 0 aliphatic heterocycles. The Balaban J connectivity index is 4.56. The van der Waals surface area contributed by atoms with Crippen LogP contribution in [0.25, 0.3) is 0 Å². The summed E-state index contributed by atoms with van der Waals surface area (Å²) in [5, 5.41) is 13.2. The Kier molecular flexibility index (Phi) is 11.3. The zero-order valence-electron chi connectivity index (χ0n) is 14.8.